The van der Waals surface area contributed by atoms with Crippen molar-refractivity contribution in [3.8, 4) is 0 Å². The predicted octanol–water partition coefficient (Wildman–Crippen LogP) is 0.652. The molecule has 0 radical (unpaired) electrons. The highest BCUT2D eigenvalue weighted by Crippen LogP contribution is 2.16. The fourth-order valence-electron chi connectivity index (χ4n) is 2.56. The Labute approximate surface area is 137 Å². The third-order valence-corrected chi connectivity index (χ3v) is 4.09. The molecule has 1 aromatic rings. The molecule has 1 unspecified atom stereocenters. The Morgan fingerprint density at radius 3 is 2.96 bits per heavy atom. The molecule has 1 aliphatic rings. The highest BCUT2D eigenvalue weighted by atomic mass is 16.2. The van der Waals surface area contributed by atoms with Gasteiger partial charge in [-0.15, -0.1) is 0 Å². The van der Waals surface area contributed by atoms with E-state index in [1.807, 2.05) is 24.7 Å². The second-order valence-electron chi connectivity index (χ2n) is 6.35. The quantitative estimate of drug-likeness (QED) is 0.806. The van der Waals surface area contributed by atoms with E-state index in [-0.39, 0.29) is 17.7 Å². The van der Waals surface area contributed by atoms with Gasteiger partial charge in [-0.05, 0) is 25.5 Å². The monoisotopic (exact) mass is 321 g/mol. The van der Waals surface area contributed by atoms with Gasteiger partial charge in [-0.2, -0.15) is 5.10 Å². The lowest BCUT2D eigenvalue weighted by Gasteiger charge is -2.23. The van der Waals surface area contributed by atoms with E-state index in [1.54, 1.807) is 18.0 Å². The summed E-state index contributed by atoms with van der Waals surface area (Å²) in [7, 11) is 1.73. The number of rotatable bonds is 6. The summed E-state index contributed by atoms with van der Waals surface area (Å²) in [4.78, 5) is 25.5. The zero-order chi connectivity index (χ0) is 16.8. The van der Waals surface area contributed by atoms with Gasteiger partial charge in [-0.3, -0.25) is 14.3 Å². The zero-order valence-electron chi connectivity index (χ0n) is 14.2. The van der Waals surface area contributed by atoms with Crippen molar-refractivity contribution >= 4 is 11.8 Å². The van der Waals surface area contributed by atoms with Gasteiger partial charge in [0.1, 0.15) is 5.69 Å². The Kier molecular flexibility index (Phi) is 6.15. The second kappa shape index (κ2) is 8.10. The summed E-state index contributed by atoms with van der Waals surface area (Å²) in [6.45, 7) is 6.55. The van der Waals surface area contributed by atoms with Gasteiger partial charge >= 0.3 is 0 Å². The Morgan fingerprint density at radius 2 is 2.30 bits per heavy atom. The van der Waals surface area contributed by atoms with Crippen molar-refractivity contribution in [2.75, 3.05) is 33.2 Å². The van der Waals surface area contributed by atoms with Crippen LogP contribution in [0.2, 0.25) is 0 Å². The molecule has 7 heteroatoms. The molecular weight excluding hydrogens is 294 g/mol. The van der Waals surface area contributed by atoms with Gasteiger partial charge in [-0.25, -0.2) is 0 Å². The van der Waals surface area contributed by atoms with Crippen LogP contribution in [0.1, 0.15) is 43.2 Å². The Bertz CT molecular complexity index is 534. The van der Waals surface area contributed by atoms with Crippen molar-refractivity contribution in [3.63, 3.8) is 0 Å². The van der Waals surface area contributed by atoms with Gasteiger partial charge in [0.05, 0.1) is 6.04 Å². The fourth-order valence-corrected chi connectivity index (χ4v) is 2.56. The predicted molar refractivity (Wildman–Crippen MR) is 88.2 cm³/mol. The molecule has 1 atom stereocenters. The van der Waals surface area contributed by atoms with Gasteiger partial charge in [0.25, 0.3) is 5.91 Å². The van der Waals surface area contributed by atoms with Crippen LogP contribution < -0.4 is 10.6 Å². The number of piperidine rings is 1. The van der Waals surface area contributed by atoms with Crippen LogP contribution in [-0.2, 0) is 4.79 Å². The largest absolute Gasteiger partial charge is 0.354 e. The first-order valence-corrected chi connectivity index (χ1v) is 8.28. The van der Waals surface area contributed by atoms with Crippen LogP contribution >= 0.6 is 0 Å². The fraction of sp³-hybridized carbons (Fsp3) is 0.688. The highest BCUT2D eigenvalue weighted by molar-refractivity contribution is 5.92. The summed E-state index contributed by atoms with van der Waals surface area (Å²) < 4.78 is 1.88. The first-order valence-electron chi connectivity index (χ1n) is 8.28. The number of nitrogens with zero attached hydrogens (tertiary/aromatic N) is 3. The third-order valence-electron chi connectivity index (χ3n) is 4.09. The molecule has 1 aromatic heterocycles. The number of aromatic nitrogens is 2. The molecule has 1 saturated heterocycles. The summed E-state index contributed by atoms with van der Waals surface area (Å²) >= 11 is 0. The molecule has 2 amide bonds. The van der Waals surface area contributed by atoms with Gasteiger partial charge in [0.15, 0.2) is 0 Å². The molecule has 7 nitrogen and oxygen atoms in total. The average molecular weight is 321 g/mol. The molecule has 2 rings (SSSR count). The van der Waals surface area contributed by atoms with E-state index < -0.39 is 0 Å². The van der Waals surface area contributed by atoms with E-state index in [0.717, 1.165) is 25.9 Å². The lowest BCUT2D eigenvalue weighted by molar-refractivity contribution is -0.124. The van der Waals surface area contributed by atoms with Gasteiger partial charge < -0.3 is 15.5 Å². The highest BCUT2D eigenvalue weighted by Gasteiger charge is 2.19. The molecule has 0 aliphatic carbocycles. The summed E-state index contributed by atoms with van der Waals surface area (Å²) in [5.41, 5.74) is 0.452. The molecule has 0 spiro atoms. The SMILES string of the molecule is CC(C)C(=O)NCCN(C)C(=O)c1ccn(C2CCCNC2)n1. The van der Waals surface area contributed by atoms with E-state index in [1.165, 1.54) is 0 Å². The number of amides is 2. The van der Waals surface area contributed by atoms with Crippen molar-refractivity contribution < 1.29 is 9.59 Å². The van der Waals surface area contributed by atoms with Crippen molar-refractivity contribution in [2.45, 2.75) is 32.7 Å². The van der Waals surface area contributed by atoms with Crippen LogP contribution in [0.25, 0.3) is 0 Å². The van der Waals surface area contributed by atoms with E-state index in [4.69, 9.17) is 0 Å². The topological polar surface area (TPSA) is 79.3 Å². The Balaban J connectivity index is 1.84. The first kappa shape index (κ1) is 17.5. The molecule has 1 aliphatic heterocycles. The van der Waals surface area contributed by atoms with Crippen LogP contribution in [0.5, 0.6) is 0 Å². The number of hydrogen-bond donors (Lipinski definition) is 2. The van der Waals surface area contributed by atoms with Crippen molar-refractivity contribution in [1.82, 2.24) is 25.3 Å². The van der Waals surface area contributed by atoms with E-state index in [2.05, 4.69) is 15.7 Å². The lowest BCUT2D eigenvalue weighted by atomic mass is 10.1. The van der Waals surface area contributed by atoms with E-state index >= 15 is 0 Å². The molecule has 1 fully saturated rings. The summed E-state index contributed by atoms with van der Waals surface area (Å²) in [5.74, 6) is -0.165. The molecule has 2 N–H and O–H groups in total. The van der Waals surface area contributed by atoms with E-state index in [9.17, 15) is 9.59 Å². The minimum absolute atomic E-state index is 0.0000691. The van der Waals surface area contributed by atoms with Gasteiger partial charge in [-0.1, -0.05) is 13.8 Å². The third kappa shape index (κ3) is 4.79. The maximum absolute atomic E-state index is 12.4. The minimum Gasteiger partial charge on any atom is -0.354 e. The van der Waals surface area contributed by atoms with Crippen molar-refractivity contribution in [3.05, 3.63) is 18.0 Å². The maximum Gasteiger partial charge on any atom is 0.274 e. The number of nitrogens with one attached hydrogen (secondary N) is 2. The smallest absolute Gasteiger partial charge is 0.274 e. The molecule has 128 valence electrons. The van der Waals surface area contributed by atoms with Crippen LogP contribution in [0.3, 0.4) is 0 Å². The summed E-state index contributed by atoms with van der Waals surface area (Å²) in [6, 6.07) is 2.08. The zero-order valence-corrected chi connectivity index (χ0v) is 14.2. The Hall–Kier alpha value is -1.89. The van der Waals surface area contributed by atoms with Crippen LogP contribution in [-0.4, -0.2) is 59.7 Å². The maximum atomic E-state index is 12.4. The molecule has 23 heavy (non-hydrogen) atoms. The van der Waals surface area contributed by atoms with E-state index in [0.29, 0.717) is 24.8 Å². The summed E-state index contributed by atoms with van der Waals surface area (Å²) in [6.07, 6.45) is 4.09. The second-order valence-corrected chi connectivity index (χ2v) is 6.35. The average Bonchev–Trinajstić information content (AvgIpc) is 3.04. The molecular formula is C16H27N5O2. The normalized spacial score (nSPS) is 18.0. The lowest BCUT2D eigenvalue weighted by Crippen LogP contribution is -2.37. The van der Waals surface area contributed by atoms with Crippen LogP contribution in [0.15, 0.2) is 12.3 Å². The number of likely N-dealkylation sites (N-methyl/N-ethyl adjacent to an activating group) is 1. The molecule has 0 bridgehead atoms. The van der Waals surface area contributed by atoms with Crippen molar-refractivity contribution in [1.29, 1.82) is 0 Å². The van der Waals surface area contributed by atoms with Gasteiger partial charge in [0.2, 0.25) is 5.91 Å². The van der Waals surface area contributed by atoms with Gasteiger partial charge in [0, 0.05) is 38.8 Å². The minimum atomic E-state index is -0.119. The summed E-state index contributed by atoms with van der Waals surface area (Å²) in [5, 5.41) is 10.6. The molecule has 0 aromatic carbocycles. The van der Waals surface area contributed by atoms with Crippen LogP contribution in [0, 0.1) is 5.92 Å². The first-order chi connectivity index (χ1) is 11.0. The van der Waals surface area contributed by atoms with Crippen LogP contribution in [0.4, 0.5) is 0 Å². The number of carbonyl (C=O) groups is 2. The standard InChI is InChI=1S/C16H27N5O2/c1-12(2)15(22)18-8-10-20(3)16(23)14-6-9-21(19-14)13-5-4-7-17-11-13/h6,9,12-13,17H,4-5,7-8,10-11H2,1-3H3,(H,18,22). The number of carbonyl (C=O) groups excluding carboxylic acids is 2. The Morgan fingerprint density at radius 1 is 1.52 bits per heavy atom. The molecule has 2 heterocycles. The van der Waals surface area contributed by atoms with Crippen molar-refractivity contribution in [2.24, 2.45) is 5.92 Å². The number of hydrogen-bond acceptors (Lipinski definition) is 4. The molecule has 0 saturated carbocycles.